The van der Waals surface area contributed by atoms with Gasteiger partial charge in [-0.15, -0.1) is 11.8 Å². The minimum Gasteiger partial charge on any atom is -0.326 e. The molecule has 5 nitrogen and oxygen atoms in total. The molecule has 1 saturated heterocycles. The summed E-state index contributed by atoms with van der Waals surface area (Å²) in [5, 5.41) is 3.03. The summed E-state index contributed by atoms with van der Waals surface area (Å²) < 4.78 is 1.04. The minimum atomic E-state index is -0.466. The number of nitrogens with zero attached hydrogens (tertiary/aromatic N) is 1. The van der Waals surface area contributed by atoms with E-state index in [0.717, 1.165) is 14.0 Å². The zero-order valence-electron chi connectivity index (χ0n) is 16.8. The normalized spacial score (nSPS) is 15.8. The lowest BCUT2D eigenvalue weighted by atomic mass is 10.1. The van der Waals surface area contributed by atoms with Crippen LogP contribution in [-0.4, -0.2) is 23.0 Å². The maximum Gasteiger partial charge on any atom is 0.247 e. The fraction of sp³-hybridized carbons (Fsp3) is 0.125. The monoisotopic (exact) mass is 576 g/mol. The van der Waals surface area contributed by atoms with E-state index in [1.54, 1.807) is 36.4 Å². The van der Waals surface area contributed by atoms with Gasteiger partial charge in [-0.25, -0.2) is 4.90 Å². The molecule has 8 heteroatoms. The number of imide groups is 1. The molecule has 0 bridgehead atoms. The first-order chi connectivity index (χ1) is 15.4. The number of thioether (sulfide) groups is 1. The first kappa shape index (κ1) is 22.8. The van der Waals surface area contributed by atoms with Gasteiger partial charge in [-0.1, -0.05) is 23.7 Å². The van der Waals surface area contributed by atoms with Crippen LogP contribution >= 0.6 is 46.0 Å². The van der Waals surface area contributed by atoms with Crippen molar-refractivity contribution in [2.75, 3.05) is 10.2 Å². The summed E-state index contributed by atoms with van der Waals surface area (Å²) in [6, 6.07) is 21.7. The Labute approximate surface area is 208 Å². The van der Waals surface area contributed by atoms with E-state index in [-0.39, 0.29) is 30.6 Å². The highest BCUT2D eigenvalue weighted by atomic mass is 127. The summed E-state index contributed by atoms with van der Waals surface area (Å²) in [7, 11) is 0. The number of benzene rings is 3. The van der Waals surface area contributed by atoms with Crippen molar-refractivity contribution in [1.29, 1.82) is 0 Å². The fourth-order valence-corrected chi connectivity index (χ4v) is 4.87. The third-order valence-corrected chi connectivity index (χ3v) is 7.05. The van der Waals surface area contributed by atoms with Gasteiger partial charge in [0.1, 0.15) is 0 Å². The van der Waals surface area contributed by atoms with Crippen molar-refractivity contribution in [3.63, 3.8) is 0 Å². The van der Waals surface area contributed by atoms with Gasteiger partial charge in [-0.3, -0.25) is 14.4 Å². The molecule has 1 aliphatic heterocycles. The predicted octanol–water partition coefficient (Wildman–Crippen LogP) is 5.55. The molecular formula is C24H18ClIN2O3S. The quantitative estimate of drug-likeness (QED) is 0.309. The molecule has 1 unspecified atom stereocenters. The van der Waals surface area contributed by atoms with Crippen molar-refractivity contribution in [3.05, 3.63) is 87.0 Å². The fourth-order valence-electron chi connectivity index (χ4n) is 3.33. The number of amides is 3. The molecule has 1 heterocycles. The molecule has 3 aromatic carbocycles. The Kier molecular flexibility index (Phi) is 7.17. The van der Waals surface area contributed by atoms with Gasteiger partial charge in [0.25, 0.3) is 0 Å². The van der Waals surface area contributed by atoms with E-state index in [1.165, 1.54) is 16.7 Å². The second-order valence-electron chi connectivity index (χ2n) is 7.23. The predicted molar refractivity (Wildman–Crippen MR) is 136 cm³/mol. The topological polar surface area (TPSA) is 66.5 Å². The Morgan fingerprint density at radius 1 is 1.00 bits per heavy atom. The van der Waals surface area contributed by atoms with Crippen LogP contribution in [0.3, 0.4) is 0 Å². The molecule has 3 aromatic rings. The third kappa shape index (κ3) is 5.51. The van der Waals surface area contributed by atoms with Gasteiger partial charge in [0.2, 0.25) is 17.7 Å². The minimum absolute atomic E-state index is 0.127. The standard InChI is InChI=1S/C24H18ClIN2O3S/c25-16-3-1-15(2-4-16)13-22(29)27-18-7-11-20(12-8-18)32-21-14-23(30)28(24(21)31)19-9-5-17(26)6-10-19/h1-12,21H,13-14H2,(H,27,29). The Morgan fingerprint density at radius 3 is 2.31 bits per heavy atom. The molecule has 32 heavy (non-hydrogen) atoms. The van der Waals surface area contributed by atoms with Crippen LogP contribution in [0.25, 0.3) is 0 Å². The van der Waals surface area contributed by atoms with Gasteiger partial charge in [0, 0.05) is 25.6 Å². The zero-order chi connectivity index (χ0) is 22.7. The summed E-state index contributed by atoms with van der Waals surface area (Å²) in [5.74, 6) is -0.529. The van der Waals surface area contributed by atoms with Crippen LogP contribution in [0, 0.1) is 3.57 Å². The Bertz CT molecular complexity index is 1150. The summed E-state index contributed by atoms with van der Waals surface area (Å²) in [6.45, 7) is 0. The van der Waals surface area contributed by atoms with Gasteiger partial charge < -0.3 is 5.32 Å². The number of nitrogens with one attached hydrogen (secondary N) is 1. The van der Waals surface area contributed by atoms with Gasteiger partial charge in [-0.2, -0.15) is 0 Å². The van der Waals surface area contributed by atoms with Crippen molar-refractivity contribution in [2.24, 2.45) is 0 Å². The molecular weight excluding hydrogens is 559 g/mol. The second-order valence-corrected chi connectivity index (χ2v) is 10.2. The lowest BCUT2D eigenvalue weighted by Gasteiger charge is -2.15. The number of hydrogen-bond acceptors (Lipinski definition) is 4. The molecule has 0 spiro atoms. The van der Waals surface area contributed by atoms with Gasteiger partial charge >= 0.3 is 0 Å². The lowest BCUT2D eigenvalue weighted by molar-refractivity contribution is -0.121. The average molecular weight is 577 g/mol. The Balaban J connectivity index is 1.35. The van der Waals surface area contributed by atoms with Crippen molar-refractivity contribution in [1.82, 2.24) is 0 Å². The number of carbonyl (C=O) groups excluding carboxylic acids is 3. The third-order valence-electron chi connectivity index (χ3n) is 4.88. The highest BCUT2D eigenvalue weighted by Gasteiger charge is 2.40. The summed E-state index contributed by atoms with van der Waals surface area (Å²) in [4.78, 5) is 39.7. The van der Waals surface area contributed by atoms with E-state index in [2.05, 4.69) is 27.9 Å². The van der Waals surface area contributed by atoms with E-state index >= 15 is 0 Å². The number of anilines is 2. The van der Waals surface area contributed by atoms with E-state index in [9.17, 15) is 14.4 Å². The Hall–Kier alpha value is -2.36. The maximum absolute atomic E-state index is 12.8. The molecule has 0 aromatic heterocycles. The van der Waals surface area contributed by atoms with Gasteiger partial charge in [-0.05, 0) is 88.8 Å². The summed E-state index contributed by atoms with van der Waals surface area (Å²) >= 11 is 9.41. The smallest absolute Gasteiger partial charge is 0.247 e. The average Bonchev–Trinajstić information content (AvgIpc) is 3.05. The molecule has 1 N–H and O–H groups in total. The highest BCUT2D eigenvalue weighted by Crippen LogP contribution is 2.34. The van der Waals surface area contributed by atoms with Crippen molar-refractivity contribution in [2.45, 2.75) is 23.0 Å². The lowest BCUT2D eigenvalue weighted by Crippen LogP contribution is -2.31. The summed E-state index contributed by atoms with van der Waals surface area (Å²) in [6.07, 6.45) is 0.412. The number of hydrogen-bond donors (Lipinski definition) is 1. The number of rotatable bonds is 6. The molecule has 3 amide bonds. The molecule has 0 saturated carbocycles. The van der Waals surface area contributed by atoms with Crippen LogP contribution in [-0.2, 0) is 20.8 Å². The SMILES string of the molecule is O=C(Cc1ccc(Cl)cc1)Nc1ccc(SC2CC(=O)N(c3ccc(I)cc3)C2=O)cc1. The first-order valence-electron chi connectivity index (χ1n) is 9.82. The second kappa shape index (κ2) is 10.1. The molecule has 0 aliphatic carbocycles. The maximum atomic E-state index is 12.8. The highest BCUT2D eigenvalue weighted by molar-refractivity contribution is 14.1. The molecule has 1 aliphatic rings. The van der Waals surface area contributed by atoms with Gasteiger partial charge in [0.15, 0.2) is 0 Å². The van der Waals surface area contributed by atoms with Crippen molar-refractivity contribution < 1.29 is 14.4 Å². The molecule has 0 radical (unpaired) electrons. The van der Waals surface area contributed by atoms with Gasteiger partial charge in [0.05, 0.1) is 17.4 Å². The van der Waals surface area contributed by atoms with Crippen molar-refractivity contribution >= 4 is 75.1 Å². The van der Waals surface area contributed by atoms with Crippen LogP contribution < -0.4 is 10.2 Å². The van der Waals surface area contributed by atoms with Crippen LogP contribution in [0.1, 0.15) is 12.0 Å². The van der Waals surface area contributed by atoms with Crippen LogP contribution in [0.4, 0.5) is 11.4 Å². The Morgan fingerprint density at radius 2 is 1.66 bits per heavy atom. The van der Waals surface area contributed by atoms with Crippen LogP contribution in [0.5, 0.6) is 0 Å². The van der Waals surface area contributed by atoms with Crippen LogP contribution in [0.15, 0.2) is 77.7 Å². The van der Waals surface area contributed by atoms with Crippen LogP contribution in [0.2, 0.25) is 5.02 Å². The number of halogens is 2. The summed E-state index contributed by atoms with van der Waals surface area (Å²) in [5.41, 5.74) is 2.14. The van der Waals surface area contributed by atoms with Crippen molar-refractivity contribution in [3.8, 4) is 0 Å². The number of carbonyl (C=O) groups is 3. The van der Waals surface area contributed by atoms with E-state index < -0.39 is 5.25 Å². The molecule has 4 rings (SSSR count). The largest absolute Gasteiger partial charge is 0.326 e. The van der Waals surface area contributed by atoms with E-state index in [4.69, 9.17) is 11.6 Å². The molecule has 1 fully saturated rings. The first-order valence-corrected chi connectivity index (χ1v) is 12.2. The zero-order valence-corrected chi connectivity index (χ0v) is 20.5. The van der Waals surface area contributed by atoms with E-state index in [0.29, 0.717) is 16.4 Å². The molecule has 1 atom stereocenters. The molecule has 162 valence electrons. The van der Waals surface area contributed by atoms with E-state index in [1.807, 2.05) is 36.4 Å².